The highest BCUT2D eigenvalue weighted by Crippen LogP contribution is 2.36. The van der Waals surface area contributed by atoms with E-state index in [2.05, 4.69) is 61.8 Å². The molecule has 0 N–H and O–H groups in total. The van der Waals surface area contributed by atoms with Gasteiger partial charge < -0.3 is 9.80 Å². The largest absolute Gasteiger partial charge is 0.366 e. The molecule has 186 valence electrons. The van der Waals surface area contributed by atoms with Crippen LogP contribution < -0.4 is 9.80 Å². The van der Waals surface area contributed by atoms with E-state index in [1.165, 1.54) is 35.2 Å². The molecule has 5 rings (SSSR count). The Morgan fingerprint density at radius 2 is 1.86 bits per heavy atom. The van der Waals surface area contributed by atoms with E-state index in [1.807, 2.05) is 25.1 Å². The summed E-state index contributed by atoms with van der Waals surface area (Å²) in [7, 11) is 0. The standard InChI is InChI=1S/C31H37N5/c1-20(2)24-12-11-22(4)28(16-24)35-15-13-27-26(19-35)31(36-14-7-8-21(3)18-36)34-30(33-27)29-23(5)9-6-10-25(29)17-32/h6,9-12,16,20-21H,7-8,13-15,18-19H2,1-5H3. The maximum Gasteiger partial charge on any atom is 0.163 e. The molecule has 3 heterocycles. The van der Waals surface area contributed by atoms with Gasteiger partial charge in [0.05, 0.1) is 17.3 Å². The van der Waals surface area contributed by atoms with Gasteiger partial charge in [0.15, 0.2) is 5.82 Å². The Bertz CT molecular complexity index is 1320. The van der Waals surface area contributed by atoms with Crippen molar-refractivity contribution >= 4 is 11.5 Å². The van der Waals surface area contributed by atoms with Gasteiger partial charge in [0.2, 0.25) is 0 Å². The number of nitrogens with zero attached hydrogens (tertiary/aromatic N) is 5. The van der Waals surface area contributed by atoms with E-state index >= 15 is 0 Å². The molecule has 0 spiro atoms. The van der Waals surface area contributed by atoms with Crippen molar-refractivity contribution in [1.29, 1.82) is 5.26 Å². The molecule has 0 amide bonds. The van der Waals surface area contributed by atoms with Gasteiger partial charge in [-0.1, -0.05) is 45.0 Å². The van der Waals surface area contributed by atoms with Gasteiger partial charge in [-0.15, -0.1) is 0 Å². The molecule has 3 aromatic rings. The highest BCUT2D eigenvalue weighted by atomic mass is 15.2. The Morgan fingerprint density at radius 3 is 2.61 bits per heavy atom. The van der Waals surface area contributed by atoms with Gasteiger partial charge in [0.25, 0.3) is 0 Å². The fraction of sp³-hybridized carbons (Fsp3) is 0.452. The van der Waals surface area contributed by atoms with Crippen LogP contribution in [0.4, 0.5) is 11.5 Å². The van der Waals surface area contributed by atoms with E-state index in [-0.39, 0.29) is 0 Å². The minimum absolute atomic E-state index is 0.501. The minimum Gasteiger partial charge on any atom is -0.366 e. The summed E-state index contributed by atoms with van der Waals surface area (Å²) in [4.78, 5) is 15.3. The van der Waals surface area contributed by atoms with Crippen molar-refractivity contribution in [2.45, 2.75) is 66.3 Å². The van der Waals surface area contributed by atoms with Crippen LogP contribution in [0.15, 0.2) is 36.4 Å². The Hall–Kier alpha value is -3.39. The average molecular weight is 480 g/mol. The van der Waals surface area contributed by atoms with Gasteiger partial charge in [0, 0.05) is 49.4 Å². The maximum absolute atomic E-state index is 9.82. The lowest BCUT2D eigenvalue weighted by Gasteiger charge is -2.37. The second-order valence-electron chi connectivity index (χ2n) is 11.0. The maximum atomic E-state index is 9.82. The molecule has 5 heteroatoms. The summed E-state index contributed by atoms with van der Waals surface area (Å²) in [6, 6.07) is 15.1. The van der Waals surface area contributed by atoms with Crippen LogP contribution in [0.25, 0.3) is 11.4 Å². The van der Waals surface area contributed by atoms with Crippen molar-refractivity contribution < 1.29 is 0 Å². The summed E-state index contributed by atoms with van der Waals surface area (Å²) >= 11 is 0. The van der Waals surface area contributed by atoms with E-state index in [1.54, 1.807) is 0 Å². The molecular weight excluding hydrogens is 442 g/mol. The Balaban J connectivity index is 1.62. The first kappa shape index (κ1) is 24.3. The van der Waals surface area contributed by atoms with Crippen LogP contribution in [-0.4, -0.2) is 29.6 Å². The summed E-state index contributed by atoms with van der Waals surface area (Å²) in [5.41, 5.74) is 8.96. The average Bonchev–Trinajstić information content (AvgIpc) is 2.87. The molecule has 1 saturated heterocycles. The predicted octanol–water partition coefficient (Wildman–Crippen LogP) is 6.55. The Morgan fingerprint density at radius 1 is 1.03 bits per heavy atom. The third-order valence-electron chi connectivity index (χ3n) is 7.85. The lowest BCUT2D eigenvalue weighted by Crippen LogP contribution is -2.39. The minimum atomic E-state index is 0.501. The number of piperidine rings is 1. The first-order valence-electron chi connectivity index (χ1n) is 13.4. The zero-order chi connectivity index (χ0) is 25.4. The fourth-order valence-electron chi connectivity index (χ4n) is 5.74. The zero-order valence-electron chi connectivity index (χ0n) is 22.3. The molecule has 0 aliphatic carbocycles. The van der Waals surface area contributed by atoms with Crippen molar-refractivity contribution in [2.75, 3.05) is 29.4 Å². The Labute approximate surface area is 215 Å². The van der Waals surface area contributed by atoms with Crippen molar-refractivity contribution in [3.63, 3.8) is 0 Å². The van der Waals surface area contributed by atoms with Crippen molar-refractivity contribution in [2.24, 2.45) is 5.92 Å². The first-order chi connectivity index (χ1) is 17.4. The number of hydrogen-bond acceptors (Lipinski definition) is 5. The Kier molecular flexibility index (Phi) is 6.71. The summed E-state index contributed by atoms with van der Waals surface area (Å²) in [5, 5.41) is 9.82. The molecule has 1 aromatic heterocycles. The molecule has 2 aromatic carbocycles. The molecule has 2 aliphatic rings. The number of aromatic nitrogens is 2. The number of nitriles is 1. The van der Waals surface area contributed by atoms with Crippen LogP contribution in [0, 0.1) is 31.1 Å². The topological polar surface area (TPSA) is 56.1 Å². The SMILES string of the molecule is Cc1ccc(C(C)C)cc1N1CCc2nc(-c3c(C)cccc3C#N)nc(N3CCCC(C)C3)c2C1. The summed E-state index contributed by atoms with van der Waals surface area (Å²) in [6.07, 6.45) is 3.32. The first-order valence-corrected chi connectivity index (χ1v) is 13.4. The number of hydrogen-bond donors (Lipinski definition) is 0. The van der Waals surface area contributed by atoms with E-state index in [0.717, 1.165) is 55.2 Å². The number of rotatable bonds is 4. The highest BCUT2D eigenvalue weighted by Gasteiger charge is 2.29. The van der Waals surface area contributed by atoms with Gasteiger partial charge in [-0.25, -0.2) is 9.97 Å². The van der Waals surface area contributed by atoms with Crippen LogP contribution >= 0.6 is 0 Å². The third-order valence-corrected chi connectivity index (χ3v) is 7.85. The monoisotopic (exact) mass is 479 g/mol. The molecule has 1 fully saturated rings. The zero-order valence-corrected chi connectivity index (χ0v) is 22.3. The van der Waals surface area contributed by atoms with Gasteiger partial charge >= 0.3 is 0 Å². The van der Waals surface area contributed by atoms with E-state index in [4.69, 9.17) is 9.97 Å². The van der Waals surface area contributed by atoms with Crippen LogP contribution in [0.2, 0.25) is 0 Å². The summed E-state index contributed by atoms with van der Waals surface area (Å²) in [6.45, 7) is 14.9. The molecular formula is C31H37N5. The molecule has 0 radical (unpaired) electrons. The third kappa shape index (κ3) is 4.57. The quantitative estimate of drug-likeness (QED) is 0.424. The van der Waals surface area contributed by atoms with Crippen LogP contribution in [0.1, 0.15) is 73.0 Å². The molecule has 5 nitrogen and oxygen atoms in total. The van der Waals surface area contributed by atoms with Crippen molar-refractivity contribution in [3.8, 4) is 17.5 Å². The summed E-state index contributed by atoms with van der Waals surface area (Å²) < 4.78 is 0. The molecule has 0 bridgehead atoms. The van der Waals surface area contributed by atoms with Crippen LogP contribution in [0.3, 0.4) is 0 Å². The fourth-order valence-corrected chi connectivity index (χ4v) is 5.74. The van der Waals surface area contributed by atoms with Crippen molar-refractivity contribution in [1.82, 2.24) is 9.97 Å². The number of anilines is 2. The predicted molar refractivity (Wildman–Crippen MR) is 148 cm³/mol. The molecule has 1 atom stereocenters. The second-order valence-corrected chi connectivity index (χ2v) is 11.0. The number of fused-ring (bicyclic) bond motifs is 1. The molecule has 2 aliphatic heterocycles. The smallest absolute Gasteiger partial charge is 0.163 e. The molecule has 1 unspecified atom stereocenters. The molecule has 36 heavy (non-hydrogen) atoms. The van der Waals surface area contributed by atoms with E-state index in [9.17, 15) is 5.26 Å². The number of benzene rings is 2. The normalized spacial score (nSPS) is 17.8. The molecule has 0 saturated carbocycles. The van der Waals surface area contributed by atoms with Gasteiger partial charge in [-0.05, 0) is 67.3 Å². The van der Waals surface area contributed by atoms with Crippen LogP contribution in [0.5, 0.6) is 0 Å². The van der Waals surface area contributed by atoms with Gasteiger partial charge in [-0.2, -0.15) is 5.26 Å². The summed E-state index contributed by atoms with van der Waals surface area (Å²) in [5.74, 6) is 2.91. The lowest BCUT2D eigenvalue weighted by atomic mass is 9.96. The van der Waals surface area contributed by atoms with Crippen LogP contribution in [-0.2, 0) is 13.0 Å². The lowest BCUT2D eigenvalue weighted by molar-refractivity contribution is 0.443. The highest BCUT2D eigenvalue weighted by molar-refractivity contribution is 5.71. The van der Waals surface area contributed by atoms with Gasteiger partial charge in [-0.3, -0.25) is 0 Å². The van der Waals surface area contributed by atoms with Crippen molar-refractivity contribution in [3.05, 3.63) is 69.9 Å². The van der Waals surface area contributed by atoms with Gasteiger partial charge in [0.1, 0.15) is 5.82 Å². The second kappa shape index (κ2) is 9.93. The van der Waals surface area contributed by atoms with E-state index in [0.29, 0.717) is 23.2 Å². The van der Waals surface area contributed by atoms with E-state index < -0.39 is 0 Å². The number of aryl methyl sites for hydroxylation is 2.